The monoisotopic (exact) mass is 306 g/mol. The fourth-order valence-corrected chi connectivity index (χ4v) is 2.48. The highest BCUT2D eigenvalue weighted by Gasteiger charge is 2.61. The van der Waals surface area contributed by atoms with Crippen LogP contribution in [0.15, 0.2) is 66.1 Å². The summed E-state index contributed by atoms with van der Waals surface area (Å²) in [6.45, 7) is 0. The molecule has 0 aliphatic rings. The highest BCUT2D eigenvalue weighted by molar-refractivity contribution is 8.48. The maximum atomic E-state index is 12.8. The fourth-order valence-electron chi connectivity index (χ4n) is 1.76. The van der Waals surface area contributed by atoms with Gasteiger partial charge in [0.15, 0.2) is 0 Å². The minimum absolute atomic E-state index is 0.0898. The first-order valence-electron chi connectivity index (χ1n) is 5.62. The summed E-state index contributed by atoms with van der Waals surface area (Å²) < 4.78 is 63.8. The van der Waals surface area contributed by atoms with Crippen LogP contribution in [0.2, 0.25) is 0 Å². The summed E-state index contributed by atoms with van der Waals surface area (Å²) in [6, 6.07) is 14.6. The number of hydrogen-bond acceptors (Lipinski definition) is 0. The molecule has 20 heavy (non-hydrogen) atoms. The molecule has 0 fully saturated rings. The standard InChI is InChI=1S/C14H11F5S/c15-20(16,17,18,19)11-14(12-7-3-1-4-8-12)13-9-5-2-6-10-13/h1-11H. The van der Waals surface area contributed by atoms with Crippen molar-refractivity contribution < 1.29 is 19.4 Å². The molecule has 6 heteroatoms. The molecule has 108 valence electrons. The predicted molar refractivity (Wildman–Crippen MR) is 73.1 cm³/mol. The van der Waals surface area contributed by atoms with E-state index in [0.717, 1.165) is 0 Å². The Hall–Kier alpha value is -1.82. The summed E-state index contributed by atoms with van der Waals surface area (Å²) in [6.07, 6.45) is 0. The second-order valence-electron chi connectivity index (χ2n) is 4.29. The first-order chi connectivity index (χ1) is 9.04. The Morgan fingerprint density at radius 1 is 0.650 bits per heavy atom. The first kappa shape index (κ1) is 14.6. The van der Waals surface area contributed by atoms with Crippen LogP contribution in [0.3, 0.4) is 0 Å². The van der Waals surface area contributed by atoms with Crippen LogP contribution < -0.4 is 0 Å². The van der Waals surface area contributed by atoms with Gasteiger partial charge in [0.2, 0.25) is 0 Å². The summed E-state index contributed by atoms with van der Waals surface area (Å²) >= 11 is 0. The van der Waals surface area contributed by atoms with Gasteiger partial charge in [-0.05, 0) is 11.1 Å². The van der Waals surface area contributed by atoms with E-state index in [4.69, 9.17) is 0 Å². The van der Waals surface area contributed by atoms with Gasteiger partial charge >= 0.3 is 10.2 Å². The van der Waals surface area contributed by atoms with Crippen molar-refractivity contribution in [3.63, 3.8) is 0 Å². The van der Waals surface area contributed by atoms with E-state index in [-0.39, 0.29) is 11.1 Å². The maximum Gasteiger partial charge on any atom is 0.304 e. The molecule has 2 aromatic rings. The summed E-state index contributed by atoms with van der Waals surface area (Å²) in [4.78, 5) is 0. The molecule has 0 radical (unpaired) electrons. The molecular formula is C14H11F5S. The number of hydrogen-bond donors (Lipinski definition) is 0. The van der Waals surface area contributed by atoms with Crippen LogP contribution >= 0.6 is 10.2 Å². The Bertz CT molecular complexity index is 588. The van der Waals surface area contributed by atoms with Crippen LogP contribution in [0.25, 0.3) is 5.57 Å². The lowest BCUT2D eigenvalue weighted by Crippen LogP contribution is -2.02. The van der Waals surface area contributed by atoms with Crippen molar-refractivity contribution >= 4 is 15.8 Å². The smallest absolute Gasteiger partial charge is 0.0941 e. The third-order valence-corrected chi connectivity index (χ3v) is 3.19. The van der Waals surface area contributed by atoms with Gasteiger partial charge in [-0.1, -0.05) is 80.1 Å². The molecule has 0 nitrogen and oxygen atoms in total. The molecule has 0 spiro atoms. The van der Waals surface area contributed by atoms with Crippen LogP contribution in [0, 0.1) is 0 Å². The van der Waals surface area contributed by atoms with Crippen LogP contribution in [0.5, 0.6) is 0 Å². The minimum atomic E-state index is -9.65. The van der Waals surface area contributed by atoms with Crippen molar-refractivity contribution in [1.29, 1.82) is 0 Å². The van der Waals surface area contributed by atoms with Crippen molar-refractivity contribution in [3.05, 3.63) is 77.2 Å². The minimum Gasteiger partial charge on any atom is -0.0941 e. The zero-order valence-electron chi connectivity index (χ0n) is 10.1. The summed E-state index contributed by atoms with van der Waals surface area (Å²) in [5.74, 6) is 0. The molecule has 0 bridgehead atoms. The number of halogens is 5. The predicted octanol–water partition coefficient (Wildman–Crippen LogP) is 6.37. The van der Waals surface area contributed by atoms with E-state index in [1.807, 2.05) is 0 Å². The average molecular weight is 306 g/mol. The van der Waals surface area contributed by atoms with Gasteiger partial charge in [-0.2, -0.15) is 0 Å². The van der Waals surface area contributed by atoms with Crippen molar-refractivity contribution in [2.45, 2.75) is 0 Å². The van der Waals surface area contributed by atoms with Gasteiger partial charge in [0, 0.05) is 5.57 Å². The molecule has 0 atom stereocenters. The molecule has 0 aliphatic carbocycles. The third-order valence-electron chi connectivity index (χ3n) is 2.51. The van der Waals surface area contributed by atoms with E-state index < -0.39 is 21.2 Å². The molecule has 0 aliphatic heterocycles. The Morgan fingerprint density at radius 3 is 1.30 bits per heavy atom. The lowest BCUT2D eigenvalue weighted by molar-refractivity contribution is 0.385. The van der Waals surface area contributed by atoms with Gasteiger partial charge in [0.05, 0.1) is 5.41 Å². The topological polar surface area (TPSA) is 0 Å². The SMILES string of the molecule is FS(F)(F)(F)(F)C=C(c1ccccc1)c1ccccc1. The van der Waals surface area contributed by atoms with Crippen molar-refractivity contribution in [3.8, 4) is 0 Å². The van der Waals surface area contributed by atoms with Gasteiger partial charge in [-0.25, -0.2) is 0 Å². The molecule has 0 saturated carbocycles. The van der Waals surface area contributed by atoms with E-state index in [9.17, 15) is 19.4 Å². The number of rotatable bonds is 3. The van der Waals surface area contributed by atoms with E-state index in [1.165, 1.54) is 48.5 Å². The second-order valence-corrected chi connectivity index (χ2v) is 6.59. The zero-order valence-corrected chi connectivity index (χ0v) is 11.0. The highest BCUT2D eigenvalue weighted by Crippen LogP contribution is 2.99. The highest BCUT2D eigenvalue weighted by atomic mass is 32.5. The van der Waals surface area contributed by atoms with E-state index >= 15 is 0 Å². The van der Waals surface area contributed by atoms with Crippen molar-refractivity contribution in [2.24, 2.45) is 0 Å². The Kier molecular flexibility index (Phi) is 2.98. The quantitative estimate of drug-likeness (QED) is 0.578. The molecule has 0 unspecified atom stereocenters. The van der Waals surface area contributed by atoms with Crippen LogP contribution in [-0.2, 0) is 0 Å². The molecule has 0 saturated heterocycles. The first-order valence-corrected chi connectivity index (χ1v) is 7.63. The Balaban J connectivity index is 2.68. The molecule has 0 heterocycles. The zero-order chi connectivity index (χ0) is 14.9. The lowest BCUT2D eigenvalue weighted by atomic mass is 10.00. The molecule has 0 aromatic heterocycles. The average Bonchev–Trinajstić information content (AvgIpc) is 2.36. The number of benzene rings is 2. The largest absolute Gasteiger partial charge is 0.304 e. The van der Waals surface area contributed by atoms with E-state index in [1.54, 1.807) is 12.1 Å². The molecule has 2 aromatic carbocycles. The molecule has 0 amide bonds. The summed E-state index contributed by atoms with van der Waals surface area (Å²) in [7, 11) is -9.65. The molecule has 2 rings (SSSR count). The maximum absolute atomic E-state index is 12.8. The van der Waals surface area contributed by atoms with Crippen LogP contribution in [0.1, 0.15) is 11.1 Å². The molecule has 0 N–H and O–H groups in total. The lowest BCUT2D eigenvalue weighted by Gasteiger charge is -2.37. The van der Waals surface area contributed by atoms with Gasteiger partial charge in [0.25, 0.3) is 0 Å². The molecular weight excluding hydrogens is 295 g/mol. The fraction of sp³-hybridized carbons (Fsp3) is 0. The van der Waals surface area contributed by atoms with Gasteiger partial charge < -0.3 is 0 Å². The van der Waals surface area contributed by atoms with Gasteiger partial charge in [-0.3, -0.25) is 0 Å². The summed E-state index contributed by atoms with van der Waals surface area (Å²) in [5, 5.41) is -0.829. The summed E-state index contributed by atoms with van der Waals surface area (Å²) in [5.41, 5.74) is -0.357. The van der Waals surface area contributed by atoms with Crippen LogP contribution in [0.4, 0.5) is 19.4 Å². The third kappa shape index (κ3) is 4.38. The normalized spacial score (nSPS) is 15.1. The van der Waals surface area contributed by atoms with E-state index in [2.05, 4.69) is 0 Å². The van der Waals surface area contributed by atoms with Gasteiger partial charge in [-0.15, -0.1) is 0 Å². The van der Waals surface area contributed by atoms with E-state index in [0.29, 0.717) is 0 Å². The van der Waals surface area contributed by atoms with Crippen LogP contribution in [-0.4, -0.2) is 0 Å². The Labute approximate surface area is 113 Å². The van der Waals surface area contributed by atoms with Crippen molar-refractivity contribution in [1.82, 2.24) is 0 Å². The van der Waals surface area contributed by atoms with Gasteiger partial charge in [0.1, 0.15) is 0 Å². The Morgan fingerprint density at radius 2 is 1.00 bits per heavy atom. The second kappa shape index (κ2) is 4.09. The van der Waals surface area contributed by atoms with Crippen molar-refractivity contribution in [2.75, 3.05) is 0 Å².